The standard InChI is InChI=1S/C18H28N4O2/c1-4-19-17(23)14-9-11-22(12-10-14)16-7-5-15(6-8-16)21-18(24)20-13(2)3/h5-8,13-14H,4,9-12H2,1-3H3,(H,19,23)(H2,20,21,24). The molecule has 1 aliphatic heterocycles. The van der Waals surface area contributed by atoms with Crippen LogP contribution in [0.2, 0.25) is 0 Å². The fourth-order valence-corrected chi connectivity index (χ4v) is 2.90. The van der Waals surface area contributed by atoms with Gasteiger partial charge in [-0.1, -0.05) is 0 Å². The molecule has 132 valence electrons. The topological polar surface area (TPSA) is 73.5 Å². The lowest BCUT2D eigenvalue weighted by molar-refractivity contribution is -0.125. The van der Waals surface area contributed by atoms with Gasteiger partial charge < -0.3 is 20.9 Å². The quantitative estimate of drug-likeness (QED) is 0.776. The molecule has 1 fully saturated rings. The van der Waals surface area contributed by atoms with E-state index in [1.807, 2.05) is 45.0 Å². The van der Waals surface area contributed by atoms with Crippen LogP contribution in [0.25, 0.3) is 0 Å². The van der Waals surface area contributed by atoms with Gasteiger partial charge in [-0.25, -0.2) is 4.79 Å². The summed E-state index contributed by atoms with van der Waals surface area (Å²) in [6, 6.07) is 7.75. The summed E-state index contributed by atoms with van der Waals surface area (Å²) in [5.41, 5.74) is 1.90. The zero-order valence-corrected chi connectivity index (χ0v) is 14.8. The first-order valence-electron chi connectivity index (χ1n) is 8.69. The van der Waals surface area contributed by atoms with Crippen molar-refractivity contribution in [2.45, 2.75) is 39.7 Å². The van der Waals surface area contributed by atoms with Crippen molar-refractivity contribution in [1.82, 2.24) is 10.6 Å². The second-order valence-electron chi connectivity index (χ2n) is 6.46. The Morgan fingerprint density at radius 1 is 1.17 bits per heavy atom. The van der Waals surface area contributed by atoms with E-state index in [9.17, 15) is 9.59 Å². The molecule has 6 heteroatoms. The van der Waals surface area contributed by atoms with Gasteiger partial charge in [0.25, 0.3) is 0 Å². The number of rotatable bonds is 5. The molecule has 1 aliphatic rings. The van der Waals surface area contributed by atoms with E-state index in [0.717, 1.165) is 37.3 Å². The van der Waals surface area contributed by atoms with Crippen molar-refractivity contribution in [3.05, 3.63) is 24.3 Å². The van der Waals surface area contributed by atoms with Crippen molar-refractivity contribution in [3.63, 3.8) is 0 Å². The SMILES string of the molecule is CCNC(=O)C1CCN(c2ccc(NC(=O)NC(C)C)cc2)CC1. The number of amides is 3. The average molecular weight is 332 g/mol. The predicted molar refractivity (Wildman–Crippen MR) is 97.4 cm³/mol. The van der Waals surface area contributed by atoms with Gasteiger partial charge in [-0.2, -0.15) is 0 Å². The molecule has 2 rings (SSSR count). The van der Waals surface area contributed by atoms with E-state index in [2.05, 4.69) is 20.9 Å². The molecular weight excluding hydrogens is 304 g/mol. The van der Waals surface area contributed by atoms with Crippen molar-refractivity contribution < 1.29 is 9.59 Å². The first-order valence-corrected chi connectivity index (χ1v) is 8.69. The molecule has 1 aromatic carbocycles. The summed E-state index contributed by atoms with van der Waals surface area (Å²) in [6.45, 7) is 8.24. The second-order valence-corrected chi connectivity index (χ2v) is 6.46. The van der Waals surface area contributed by atoms with Crippen LogP contribution in [0.3, 0.4) is 0 Å². The highest BCUT2D eigenvalue weighted by Crippen LogP contribution is 2.24. The predicted octanol–water partition coefficient (Wildman–Crippen LogP) is 2.57. The summed E-state index contributed by atoms with van der Waals surface area (Å²) in [5, 5.41) is 8.52. The molecule has 0 bridgehead atoms. The lowest BCUT2D eigenvalue weighted by atomic mass is 9.95. The Bertz CT molecular complexity index is 549. The van der Waals surface area contributed by atoms with Crippen LogP contribution in [0.5, 0.6) is 0 Å². The number of anilines is 2. The van der Waals surface area contributed by atoms with Crippen LogP contribution < -0.4 is 20.9 Å². The number of hydrogen-bond acceptors (Lipinski definition) is 3. The summed E-state index contributed by atoms with van der Waals surface area (Å²) < 4.78 is 0. The summed E-state index contributed by atoms with van der Waals surface area (Å²) >= 11 is 0. The third kappa shape index (κ3) is 5.15. The van der Waals surface area contributed by atoms with Crippen LogP contribution in [-0.4, -0.2) is 37.6 Å². The van der Waals surface area contributed by atoms with Crippen LogP contribution in [0.1, 0.15) is 33.6 Å². The van der Waals surface area contributed by atoms with Gasteiger partial charge in [0.1, 0.15) is 0 Å². The second kappa shape index (κ2) is 8.57. The number of nitrogens with one attached hydrogen (secondary N) is 3. The van der Waals surface area contributed by atoms with Crippen LogP contribution in [0.15, 0.2) is 24.3 Å². The highest BCUT2D eigenvalue weighted by Gasteiger charge is 2.24. The van der Waals surface area contributed by atoms with Crippen LogP contribution in [0.4, 0.5) is 16.2 Å². The lowest BCUT2D eigenvalue weighted by Crippen LogP contribution is -2.40. The molecule has 0 saturated carbocycles. The van der Waals surface area contributed by atoms with Gasteiger partial charge in [0.15, 0.2) is 0 Å². The van der Waals surface area contributed by atoms with E-state index in [1.165, 1.54) is 0 Å². The third-order valence-corrected chi connectivity index (χ3v) is 4.13. The number of hydrogen-bond donors (Lipinski definition) is 3. The fraction of sp³-hybridized carbons (Fsp3) is 0.556. The normalized spacial score (nSPS) is 15.2. The molecule has 0 unspecified atom stereocenters. The lowest BCUT2D eigenvalue weighted by Gasteiger charge is -2.33. The number of nitrogens with zero attached hydrogens (tertiary/aromatic N) is 1. The van der Waals surface area contributed by atoms with E-state index in [4.69, 9.17) is 0 Å². The molecule has 0 radical (unpaired) electrons. The van der Waals surface area contributed by atoms with E-state index in [0.29, 0.717) is 6.54 Å². The molecule has 1 saturated heterocycles. The molecule has 0 aromatic heterocycles. The van der Waals surface area contributed by atoms with Gasteiger partial charge in [0, 0.05) is 43.0 Å². The average Bonchev–Trinajstić information content (AvgIpc) is 2.55. The van der Waals surface area contributed by atoms with Crippen LogP contribution >= 0.6 is 0 Å². The van der Waals surface area contributed by atoms with Gasteiger partial charge in [-0.05, 0) is 57.9 Å². The Hall–Kier alpha value is -2.24. The Kier molecular flexibility index (Phi) is 6.46. The fourth-order valence-electron chi connectivity index (χ4n) is 2.90. The highest BCUT2D eigenvalue weighted by molar-refractivity contribution is 5.89. The Balaban J connectivity index is 1.86. The van der Waals surface area contributed by atoms with Crippen molar-refractivity contribution in [2.24, 2.45) is 5.92 Å². The van der Waals surface area contributed by atoms with Gasteiger partial charge >= 0.3 is 6.03 Å². The Morgan fingerprint density at radius 2 is 1.79 bits per heavy atom. The van der Waals surface area contributed by atoms with Crippen molar-refractivity contribution in [2.75, 3.05) is 29.9 Å². The molecule has 6 nitrogen and oxygen atoms in total. The molecule has 0 aliphatic carbocycles. The van der Waals surface area contributed by atoms with E-state index < -0.39 is 0 Å². The smallest absolute Gasteiger partial charge is 0.319 e. The third-order valence-electron chi connectivity index (χ3n) is 4.13. The van der Waals surface area contributed by atoms with Crippen LogP contribution in [-0.2, 0) is 4.79 Å². The van der Waals surface area contributed by atoms with E-state index in [-0.39, 0.29) is 23.9 Å². The maximum absolute atomic E-state index is 11.9. The largest absolute Gasteiger partial charge is 0.371 e. The van der Waals surface area contributed by atoms with Crippen molar-refractivity contribution in [3.8, 4) is 0 Å². The Labute approximate surface area is 144 Å². The van der Waals surface area contributed by atoms with Gasteiger partial charge in [0.05, 0.1) is 0 Å². The van der Waals surface area contributed by atoms with Crippen molar-refractivity contribution in [1.29, 1.82) is 0 Å². The monoisotopic (exact) mass is 332 g/mol. The highest BCUT2D eigenvalue weighted by atomic mass is 16.2. The molecule has 0 spiro atoms. The molecular formula is C18H28N4O2. The molecule has 1 heterocycles. The molecule has 3 N–H and O–H groups in total. The van der Waals surface area contributed by atoms with Gasteiger partial charge in [-0.3, -0.25) is 4.79 Å². The van der Waals surface area contributed by atoms with E-state index >= 15 is 0 Å². The van der Waals surface area contributed by atoms with Crippen molar-refractivity contribution >= 4 is 23.3 Å². The number of carbonyl (C=O) groups excluding carboxylic acids is 2. The first-order chi connectivity index (χ1) is 11.5. The first kappa shape index (κ1) is 18.1. The molecule has 0 atom stereocenters. The minimum atomic E-state index is -0.194. The summed E-state index contributed by atoms with van der Waals surface area (Å²) in [7, 11) is 0. The van der Waals surface area contributed by atoms with E-state index in [1.54, 1.807) is 0 Å². The maximum atomic E-state index is 11.9. The molecule has 1 aromatic rings. The molecule has 3 amide bonds. The number of benzene rings is 1. The number of piperidine rings is 1. The summed E-state index contributed by atoms with van der Waals surface area (Å²) in [5.74, 6) is 0.301. The minimum absolute atomic E-state index is 0.107. The zero-order valence-electron chi connectivity index (χ0n) is 14.8. The molecule has 24 heavy (non-hydrogen) atoms. The number of carbonyl (C=O) groups is 2. The zero-order chi connectivity index (χ0) is 17.5. The van der Waals surface area contributed by atoms with Gasteiger partial charge in [-0.15, -0.1) is 0 Å². The number of urea groups is 1. The Morgan fingerprint density at radius 3 is 2.33 bits per heavy atom. The van der Waals surface area contributed by atoms with Gasteiger partial charge in [0.2, 0.25) is 5.91 Å². The summed E-state index contributed by atoms with van der Waals surface area (Å²) in [4.78, 5) is 25.9. The summed E-state index contributed by atoms with van der Waals surface area (Å²) in [6.07, 6.45) is 1.76. The minimum Gasteiger partial charge on any atom is -0.371 e. The van der Waals surface area contributed by atoms with Crippen LogP contribution in [0, 0.1) is 5.92 Å². The maximum Gasteiger partial charge on any atom is 0.319 e.